The zero-order valence-electron chi connectivity index (χ0n) is 11.9. The zero-order valence-corrected chi connectivity index (χ0v) is 13.5. The molecule has 2 aromatic rings. The third kappa shape index (κ3) is 3.57. The van der Waals surface area contributed by atoms with Crippen molar-refractivity contribution in [2.45, 2.75) is 13.0 Å². The van der Waals surface area contributed by atoms with Crippen LogP contribution < -0.4 is 10.5 Å². The monoisotopic (exact) mass is 346 g/mol. The lowest BCUT2D eigenvalue weighted by molar-refractivity contribution is 0.196. The Morgan fingerprint density at radius 2 is 2.05 bits per heavy atom. The molecule has 0 spiro atoms. The summed E-state index contributed by atoms with van der Waals surface area (Å²) in [5.74, 6) is 0.904. The maximum Gasteiger partial charge on any atom is 0.120 e. The van der Waals surface area contributed by atoms with Gasteiger partial charge in [0, 0.05) is 29.8 Å². The van der Waals surface area contributed by atoms with Crippen LogP contribution in [-0.4, -0.2) is 24.6 Å². The summed E-state index contributed by atoms with van der Waals surface area (Å²) in [5, 5.41) is 0. The Kier molecular flexibility index (Phi) is 4.46. The molecule has 0 saturated heterocycles. The normalized spacial score (nSPS) is 14.7. The molecule has 1 heterocycles. The van der Waals surface area contributed by atoms with Crippen molar-refractivity contribution in [3.8, 4) is 5.75 Å². The van der Waals surface area contributed by atoms with Gasteiger partial charge < -0.3 is 10.5 Å². The van der Waals surface area contributed by atoms with E-state index in [2.05, 4.69) is 26.9 Å². The Morgan fingerprint density at radius 1 is 1.19 bits per heavy atom. The Bertz CT molecular complexity index is 630. The van der Waals surface area contributed by atoms with Crippen LogP contribution in [0.2, 0.25) is 0 Å². The van der Waals surface area contributed by atoms with Crippen molar-refractivity contribution in [3.05, 3.63) is 58.1 Å². The van der Waals surface area contributed by atoms with Crippen molar-refractivity contribution in [1.29, 1.82) is 0 Å². The van der Waals surface area contributed by atoms with Crippen LogP contribution in [0.4, 0.5) is 5.69 Å². The highest BCUT2D eigenvalue weighted by Crippen LogP contribution is 2.24. The van der Waals surface area contributed by atoms with E-state index in [-0.39, 0.29) is 0 Å². The van der Waals surface area contributed by atoms with Gasteiger partial charge in [-0.1, -0.05) is 34.1 Å². The molecule has 0 radical (unpaired) electrons. The van der Waals surface area contributed by atoms with Gasteiger partial charge in [0.2, 0.25) is 0 Å². The molecule has 1 aliphatic heterocycles. The van der Waals surface area contributed by atoms with Crippen LogP contribution in [0.5, 0.6) is 5.75 Å². The molecule has 3 rings (SSSR count). The van der Waals surface area contributed by atoms with Gasteiger partial charge in [-0.05, 0) is 41.8 Å². The van der Waals surface area contributed by atoms with Crippen LogP contribution in [-0.2, 0) is 13.0 Å². The SMILES string of the molecule is Nc1cccc2c1CN(CCOc1cccc(Br)c1)CC2. The first-order valence-electron chi connectivity index (χ1n) is 7.19. The number of nitrogens with zero attached hydrogens (tertiary/aromatic N) is 1. The largest absolute Gasteiger partial charge is 0.492 e. The first-order valence-corrected chi connectivity index (χ1v) is 7.98. The van der Waals surface area contributed by atoms with E-state index in [1.165, 1.54) is 11.1 Å². The molecule has 0 amide bonds. The number of hydrogen-bond donors (Lipinski definition) is 1. The molecule has 4 heteroatoms. The first-order chi connectivity index (χ1) is 10.2. The van der Waals surface area contributed by atoms with Crippen LogP contribution in [0.15, 0.2) is 46.9 Å². The van der Waals surface area contributed by atoms with E-state index < -0.39 is 0 Å². The molecule has 0 aromatic heterocycles. The third-order valence-corrected chi connectivity index (χ3v) is 4.35. The van der Waals surface area contributed by atoms with Gasteiger partial charge in [-0.25, -0.2) is 0 Å². The summed E-state index contributed by atoms with van der Waals surface area (Å²) in [5.41, 5.74) is 9.66. The highest BCUT2D eigenvalue weighted by atomic mass is 79.9. The molecule has 1 aliphatic rings. The van der Waals surface area contributed by atoms with E-state index >= 15 is 0 Å². The highest BCUT2D eigenvalue weighted by Gasteiger charge is 2.17. The van der Waals surface area contributed by atoms with Crippen molar-refractivity contribution in [2.75, 3.05) is 25.4 Å². The minimum Gasteiger partial charge on any atom is -0.492 e. The molecule has 2 aromatic carbocycles. The standard InChI is InChI=1S/C17H19BrN2O/c18-14-4-2-5-15(11-14)21-10-9-20-8-7-13-3-1-6-17(19)16(13)12-20/h1-6,11H,7-10,12,19H2. The molecule has 0 bridgehead atoms. The predicted octanol–water partition coefficient (Wildman–Crippen LogP) is 3.47. The third-order valence-electron chi connectivity index (χ3n) is 3.86. The van der Waals surface area contributed by atoms with Gasteiger partial charge in [-0.3, -0.25) is 4.90 Å². The van der Waals surface area contributed by atoms with Gasteiger partial charge in [0.1, 0.15) is 12.4 Å². The van der Waals surface area contributed by atoms with Crippen LogP contribution >= 0.6 is 15.9 Å². The molecular weight excluding hydrogens is 328 g/mol. The van der Waals surface area contributed by atoms with Crippen molar-refractivity contribution in [2.24, 2.45) is 0 Å². The molecule has 2 N–H and O–H groups in total. The van der Waals surface area contributed by atoms with Crippen LogP contribution in [0.1, 0.15) is 11.1 Å². The number of fused-ring (bicyclic) bond motifs is 1. The maximum atomic E-state index is 6.08. The minimum atomic E-state index is 0.693. The second kappa shape index (κ2) is 6.50. The fourth-order valence-electron chi connectivity index (χ4n) is 2.70. The first kappa shape index (κ1) is 14.4. The second-order valence-electron chi connectivity index (χ2n) is 5.32. The van der Waals surface area contributed by atoms with Crippen LogP contribution in [0.25, 0.3) is 0 Å². The molecule has 0 atom stereocenters. The maximum absolute atomic E-state index is 6.08. The van der Waals surface area contributed by atoms with Gasteiger partial charge >= 0.3 is 0 Å². The van der Waals surface area contributed by atoms with E-state index in [1.807, 2.05) is 36.4 Å². The Hall–Kier alpha value is -1.52. The zero-order chi connectivity index (χ0) is 14.7. The van der Waals surface area contributed by atoms with Crippen molar-refractivity contribution in [3.63, 3.8) is 0 Å². The highest BCUT2D eigenvalue weighted by molar-refractivity contribution is 9.10. The lowest BCUT2D eigenvalue weighted by Crippen LogP contribution is -2.34. The van der Waals surface area contributed by atoms with E-state index in [9.17, 15) is 0 Å². The fourth-order valence-corrected chi connectivity index (χ4v) is 3.08. The van der Waals surface area contributed by atoms with Crippen molar-refractivity contribution < 1.29 is 4.74 Å². The summed E-state index contributed by atoms with van der Waals surface area (Å²) in [4.78, 5) is 2.40. The Morgan fingerprint density at radius 3 is 2.90 bits per heavy atom. The summed E-state index contributed by atoms with van der Waals surface area (Å²) in [6.07, 6.45) is 1.07. The average Bonchev–Trinajstić information content (AvgIpc) is 2.48. The summed E-state index contributed by atoms with van der Waals surface area (Å²) in [6, 6.07) is 14.2. The topological polar surface area (TPSA) is 38.5 Å². The van der Waals surface area contributed by atoms with E-state index in [1.54, 1.807) is 0 Å². The lowest BCUT2D eigenvalue weighted by atomic mass is 9.98. The molecule has 0 saturated carbocycles. The number of hydrogen-bond acceptors (Lipinski definition) is 3. The summed E-state index contributed by atoms with van der Waals surface area (Å²) in [6.45, 7) is 3.60. The van der Waals surface area contributed by atoms with Gasteiger partial charge in [-0.15, -0.1) is 0 Å². The Labute approximate surface area is 133 Å². The summed E-state index contributed by atoms with van der Waals surface area (Å²) < 4.78 is 6.85. The molecule has 21 heavy (non-hydrogen) atoms. The smallest absolute Gasteiger partial charge is 0.120 e. The fraction of sp³-hybridized carbons (Fsp3) is 0.294. The molecule has 0 unspecified atom stereocenters. The van der Waals surface area contributed by atoms with Crippen molar-refractivity contribution >= 4 is 21.6 Å². The predicted molar refractivity (Wildman–Crippen MR) is 89.5 cm³/mol. The minimum absolute atomic E-state index is 0.693. The molecule has 0 aliphatic carbocycles. The molecule has 0 fully saturated rings. The summed E-state index contributed by atoms with van der Waals surface area (Å²) in [7, 11) is 0. The quantitative estimate of drug-likeness (QED) is 0.861. The number of benzene rings is 2. The number of anilines is 1. The van der Waals surface area contributed by atoms with E-state index in [0.717, 1.165) is 42.0 Å². The molecule has 110 valence electrons. The number of nitrogen functional groups attached to an aromatic ring is 1. The number of halogens is 1. The molecule has 3 nitrogen and oxygen atoms in total. The van der Waals surface area contributed by atoms with Gasteiger partial charge in [0.05, 0.1) is 0 Å². The summed E-state index contributed by atoms with van der Waals surface area (Å²) >= 11 is 3.45. The van der Waals surface area contributed by atoms with Crippen LogP contribution in [0, 0.1) is 0 Å². The van der Waals surface area contributed by atoms with Gasteiger partial charge in [-0.2, -0.15) is 0 Å². The van der Waals surface area contributed by atoms with E-state index in [0.29, 0.717) is 6.61 Å². The lowest BCUT2D eigenvalue weighted by Gasteiger charge is -2.29. The number of ether oxygens (including phenoxy) is 1. The van der Waals surface area contributed by atoms with Crippen molar-refractivity contribution in [1.82, 2.24) is 4.90 Å². The number of rotatable bonds is 4. The Balaban J connectivity index is 1.54. The van der Waals surface area contributed by atoms with E-state index in [4.69, 9.17) is 10.5 Å². The molecular formula is C17H19BrN2O. The average molecular weight is 347 g/mol. The van der Waals surface area contributed by atoms with Crippen LogP contribution in [0.3, 0.4) is 0 Å². The van der Waals surface area contributed by atoms with Gasteiger partial charge in [0.25, 0.3) is 0 Å². The second-order valence-corrected chi connectivity index (χ2v) is 6.23. The van der Waals surface area contributed by atoms with Gasteiger partial charge in [0.15, 0.2) is 0 Å². The number of nitrogens with two attached hydrogens (primary N) is 1.